The molecule has 0 radical (unpaired) electrons. The molecule has 0 aliphatic carbocycles. The minimum absolute atomic E-state index is 0.0971. The van der Waals surface area contributed by atoms with Gasteiger partial charge in [0.25, 0.3) is 3.91 Å². The van der Waals surface area contributed by atoms with Crippen LogP contribution in [0.25, 0.3) is 0 Å². The van der Waals surface area contributed by atoms with Gasteiger partial charge in [0.05, 0.1) is 6.10 Å². The molecule has 0 fully saturated rings. The van der Waals surface area contributed by atoms with E-state index in [4.69, 9.17) is 4.74 Å². The van der Waals surface area contributed by atoms with Crippen molar-refractivity contribution in [3.8, 4) is 5.75 Å². The molecule has 1 aromatic rings. The maximum atomic E-state index is 10.7. The summed E-state index contributed by atoms with van der Waals surface area (Å²) in [5.74, 6) is 0.812. The maximum Gasteiger partial charge on any atom is 0.284 e. The number of rotatable bonds is 3. The van der Waals surface area contributed by atoms with Gasteiger partial charge in [-0.2, -0.15) is 0 Å². The van der Waals surface area contributed by atoms with Crippen molar-refractivity contribution in [2.45, 2.75) is 20.0 Å². The van der Waals surface area contributed by atoms with Gasteiger partial charge in [-0.1, -0.05) is 0 Å². The normalized spacial score (nSPS) is 10.0. The van der Waals surface area contributed by atoms with Crippen LogP contribution in [-0.2, 0) is 0 Å². The molecule has 0 aromatic heterocycles. The van der Waals surface area contributed by atoms with E-state index in [1.165, 1.54) is 0 Å². The minimum Gasteiger partial charge on any atom is -0.491 e. The quantitative estimate of drug-likeness (QED) is 0.528. The molecule has 1 rings (SSSR count). The summed E-state index contributed by atoms with van der Waals surface area (Å²) in [7, 11) is 0. The van der Waals surface area contributed by atoms with Crippen molar-refractivity contribution < 1.29 is 9.53 Å². The molecule has 0 aliphatic heterocycles. The average molecular weight is 305 g/mol. The van der Waals surface area contributed by atoms with Crippen LogP contribution < -0.4 is 10.1 Å². The summed E-state index contributed by atoms with van der Waals surface area (Å²) in [5, 5.41) is 2.68. The van der Waals surface area contributed by atoms with Crippen molar-refractivity contribution in [3.63, 3.8) is 0 Å². The third kappa shape index (κ3) is 3.95. The van der Waals surface area contributed by atoms with Crippen LogP contribution in [0.15, 0.2) is 24.3 Å². The molecule has 0 unspecified atom stereocenters. The molecular weight excluding hydrogens is 293 g/mol. The first kappa shape index (κ1) is 11.3. The highest BCUT2D eigenvalue weighted by atomic mass is 127. The Morgan fingerprint density at radius 1 is 1.36 bits per heavy atom. The molecule has 1 N–H and O–H groups in total. The lowest BCUT2D eigenvalue weighted by atomic mass is 10.3. The zero-order chi connectivity index (χ0) is 10.6. The van der Waals surface area contributed by atoms with Crippen LogP contribution in [-0.4, -0.2) is 10.0 Å². The first-order valence-electron chi connectivity index (χ1n) is 4.31. The van der Waals surface area contributed by atoms with E-state index in [9.17, 15) is 4.79 Å². The molecule has 4 heteroatoms. The van der Waals surface area contributed by atoms with E-state index in [1.54, 1.807) is 22.6 Å². The number of carbonyl (C=O) groups excluding carboxylic acids is 1. The van der Waals surface area contributed by atoms with Crippen molar-refractivity contribution >= 4 is 32.2 Å². The second-order valence-corrected chi connectivity index (χ2v) is 4.07. The largest absolute Gasteiger partial charge is 0.491 e. The summed E-state index contributed by atoms with van der Waals surface area (Å²) in [4.78, 5) is 10.7. The zero-order valence-corrected chi connectivity index (χ0v) is 10.2. The Labute approximate surface area is 97.0 Å². The van der Waals surface area contributed by atoms with Gasteiger partial charge < -0.3 is 10.1 Å². The molecule has 0 saturated carbocycles. The average Bonchev–Trinajstić information content (AvgIpc) is 2.06. The van der Waals surface area contributed by atoms with E-state index >= 15 is 0 Å². The third-order valence-electron chi connectivity index (χ3n) is 1.47. The maximum absolute atomic E-state index is 10.7. The molecule has 14 heavy (non-hydrogen) atoms. The van der Waals surface area contributed by atoms with Crippen LogP contribution in [0.2, 0.25) is 0 Å². The monoisotopic (exact) mass is 305 g/mol. The van der Waals surface area contributed by atoms with Crippen LogP contribution in [0.4, 0.5) is 10.5 Å². The molecule has 76 valence electrons. The summed E-state index contributed by atoms with van der Waals surface area (Å²) in [6.07, 6.45) is 0.167. The summed E-state index contributed by atoms with van der Waals surface area (Å²) >= 11 is 1.69. The number of hydrogen-bond acceptors (Lipinski definition) is 2. The van der Waals surface area contributed by atoms with Crippen molar-refractivity contribution in [3.05, 3.63) is 24.3 Å². The molecule has 0 heterocycles. The SMILES string of the molecule is CC(C)Oc1ccc(NC(=O)I)cc1. The van der Waals surface area contributed by atoms with Gasteiger partial charge in [-0.15, -0.1) is 0 Å². The third-order valence-corrected chi connectivity index (χ3v) is 1.74. The molecule has 0 saturated heterocycles. The summed E-state index contributed by atoms with van der Waals surface area (Å²) in [6.45, 7) is 3.95. The highest BCUT2D eigenvalue weighted by molar-refractivity contribution is 14.1. The lowest BCUT2D eigenvalue weighted by Gasteiger charge is -2.09. The standard InChI is InChI=1S/C10H12INO2/c1-7(2)14-9-5-3-8(4-6-9)12-10(11)13/h3-7H,1-2H3,(H,12,13). The fourth-order valence-corrected chi connectivity index (χ4v) is 1.31. The Bertz CT molecular complexity index is 308. The first-order valence-corrected chi connectivity index (χ1v) is 5.39. The van der Waals surface area contributed by atoms with Crippen molar-refractivity contribution in [1.82, 2.24) is 0 Å². The second-order valence-electron chi connectivity index (χ2n) is 3.09. The Hall–Kier alpha value is -0.780. The van der Waals surface area contributed by atoms with Crippen LogP contribution >= 0.6 is 22.6 Å². The smallest absolute Gasteiger partial charge is 0.284 e. The highest BCUT2D eigenvalue weighted by Gasteiger charge is 1.99. The van der Waals surface area contributed by atoms with Gasteiger partial charge in [-0.25, -0.2) is 0 Å². The van der Waals surface area contributed by atoms with Crippen molar-refractivity contribution in [1.29, 1.82) is 0 Å². The lowest BCUT2D eigenvalue weighted by Crippen LogP contribution is -2.05. The number of nitrogens with one attached hydrogen (secondary N) is 1. The highest BCUT2D eigenvalue weighted by Crippen LogP contribution is 2.17. The van der Waals surface area contributed by atoms with E-state index in [2.05, 4.69) is 5.32 Å². The number of halogens is 1. The van der Waals surface area contributed by atoms with Crippen LogP contribution in [0.3, 0.4) is 0 Å². The Morgan fingerprint density at radius 3 is 2.36 bits per heavy atom. The van der Waals surface area contributed by atoms with Gasteiger partial charge in [-0.3, -0.25) is 4.79 Å². The van der Waals surface area contributed by atoms with Crippen LogP contribution in [0.1, 0.15) is 13.8 Å². The molecule has 0 atom stereocenters. The number of ether oxygens (including phenoxy) is 1. The van der Waals surface area contributed by atoms with Crippen molar-refractivity contribution in [2.75, 3.05) is 5.32 Å². The lowest BCUT2D eigenvalue weighted by molar-refractivity contribution is 0.242. The van der Waals surface area contributed by atoms with Gasteiger partial charge in [0.2, 0.25) is 0 Å². The Kier molecular flexibility index (Phi) is 4.19. The molecule has 0 aliphatic rings. The van der Waals surface area contributed by atoms with Gasteiger partial charge in [0, 0.05) is 28.3 Å². The van der Waals surface area contributed by atoms with Crippen LogP contribution in [0.5, 0.6) is 5.75 Å². The van der Waals surface area contributed by atoms with E-state index in [0.717, 1.165) is 11.4 Å². The number of carbonyl (C=O) groups is 1. The number of benzene rings is 1. The molecule has 0 bridgehead atoms. The number of amides is 1. The van der Waals surface area contributed by atoms with Gasteiger partial charge in [0.15, 0.2) is 0 Å². The Morgan fingerprint density at radius 2 is 1.93 bits per heavy atom. The summed E-state index contributed by atoms with van der Waals surface area (Å²) < 4.78 is 5.36. The fourth-order valence-electron chi connectivity index (χ4n) is 1.00. The molecule has 0 spiro atoms. The summed E-state index contributed by atoms with van der Waals surface area (Å²) in [6, 6.07) is 7.30. The first-order chi connectivity index (χ1) is 6.58. The predicted octanol–water partition coefficient (Wildman–Crippen LogP) is 3.44. The molecule has 3 nitrogen and oxygen atoms in total. The van der Waals surface area contributed by atoms with E-state index in [-0.39, 0.29) is 10.0 Å². The van der Waals surface area contributed by atoms with E-state index < -0.39 is 0 Å². The fraction of sp³-hybridized carbons (Fsp3) is 0.300. The van der Waals surface area contributed by atoms with Gasteiger partial charge in [0.1, 0.15) is 5.75 Å². The van der Waals surface area contributed by atoms with Crippen molar-refractivity contribution in [2.24, 2.45) is 0 Å². The second kappa shape index (κ2) is 5.19. The topological polar surface area (TPSA) is 38.3 Å². The number of hydrogen-bond donors (Lipinski definition) is 1. The molecule has 1 amide bonds. The van der Waals surface area contributed by atoms with Gasteiger partial charge in [-0.05, 0) is 38.1 Å². The molecule has 1 aromatic carbocycles. The van der Waals surface area contributed by atoms with E-state index in [1.807, 2.05) is 38.1 Å². The van der Waals surface area contributed by atoms with Crippen LogP contribution in [0, 0.1) is 0 Å². The van der Waals surface area contributed by atoms with Gasteiger partial charge >= 0.3 is 0 Å². The van der Waals surface area contributed by atoms with E-state index in [0.29, 0.717) is 0 Å². The minimum atomic E-state index is -0.0971. The Balaban J connectivity index is 2.63. The zero-order valence-electron chi connectivity index (χ0n) is 8.08. The summed E-state index contributed by atoms with van der Waals surface area (Å²) in [5.41, 5.74) is 0.778. The number of anilines is 1. The predicted molar refractivity (Wildman–Crippen MR) is 65.2 cm³/mol. The molecular formula is C10H12INO2.